The highest BCUT2D eigenvalue weighted by Gasteiger charge is 2.16. The monoisotopic (exact) mass is 217 g/mol. The van der Waals surface area contributed by atoms with E-state index < -0.39 is 18.4 Å². The average molecular weight is 217 g/mol. The van der Waals surface area contributed by atoms with Crippen molar-refractivity contribution in [2.75, 3.05) is 13.2 Å². The topological polar surface area (TPSA) is 70.0 Å². The Kier molecular flexibility index (Phi) is 6.15. The number of ether oxygens (including phenoxy) is 1. The van der Waals surface area contributed by atoms with Crippen molar-refractivity contribution in [1.82, 2.24) is 4.90 Å². The molecule has 0 spiro atoms. The molecule has 0 aliphatic heterocycles. The van der Waals surface area contributed by atoms with Gasteiger partial charge in [-0.3, -0.25) is 0 Å². The number of carbonyl (C=O) groups is 1. The zero-order chi connectivity index (χ0) is 12.0. The number of aliphatic hydroxyl groups is 2. The number of hydrogen-bond donors (Lipinski definition) is 2. The minimum Gasteiger partial charge on any atom is -0.461 e. The van der Waals surface area contributed by atoms with E-state index in [9.17, 15) is 15.0 Å². The molecule has 5 nitrogen and oxygen atoms in total. The second-order valence-electron chi connectivity index (χ2n) is 3.42. The molecule has 88 valence electrons. The smallest absolute Gasteiger partial charge is 0.333 e. The molecule has 0 fully saturated rings. The Balaban J connectivity index is 3.92. The first-order valence-corrected chi connectivity index (χ1v) is 4.80. The molecule has 0 aromatic rings. The van der Waals surface area contributed by atoms with E-state index in [0.29, 0.717) is 5.57 Å². The molecular formula is C10H19NO4. The molecule has 0 amide bonds. The first kappa shape index (κ1) is 14.1. The predicted molar refractivity (Wildman–Crippen MR) is 55.8 cm³/mol. The van der Waals surface area contributed by atoms with Crippen LogP contribution in [0.1, 0.15) is 20.8 Å². The summed E-state index contributed by atoms with van der Waals surface area (Å²) < 4.78 is 4.83. The van der Waals surface area contributed by atoms with Gasteiger partial charge in [0.15, 0.2) is 0 Å². The van der Waals surface area contributed by atoms with Crippen LogP contribution in [0.25, 0.3) is 0 Å². The van der Waals surface area contributed by atoms with Crippen LogP contribution in [-0.2, 0) is 9.53 Å². The van der Waals surface area contributed by atoms with Gasteiger partial charge in [0.25, 0.3) is 0 Å². The van der Waals surface area contributed by atoms with Crippen molar-refractivity contribution in [3.05, 3.63) is 12.2 Å². The molecule has 0 bridgehead atoms. The lowest BCUT2D eigenvalue weighted by molar-refractivity contribution is -0.143. The largest absolute Gasteiger partial charge is 0.461 e. The normalized spacial score (nSPS) is 14.8. The van der Waals surface area contributed by atoms with E-state index in [1.165, 1.54) is 18.7 Å². The summed E-state index contributed by atoms with van der Waals surface area (Å²) in [6.07, 6.45) is -1.57. The number of esters is 1. The summed E-state index contributed by atoms with van der Waals surface area (Å²) in [4.78, 5) is 12.4. The number of carbonyl (C=O) groups excluding carboxylic acids is 1. The minimum absolute atomic E-state index is 0.113. The molecule has 5 heteroatoms. The van der Waals surface area contributed by atoms with Gasteiger partial charge in [0.05, 0.1) is 0 Å². The highest BCUT2D eigenvalue weighted by atomic mass is 16.5. The molecule has 0 rings (SSSR count). The Morgan fingerprint density at radius 2 is 1.87 bits per heavy atom. The van der Waals surface area contributed by atoms with E-state index >= 15 is 0 Å². The maximum absolute atomic E-state index is 11.0. The van der Waals surface area contributed by atoms with Gasteiger partial charge in [0.2, 0.25) is 0 Å². The molecule has 0 heterocycles. The zero-order valence-corrected chi connectivity index (χ0v) is 9.43. The van der Waals surface area contributed by atoms with Crippen molar-refractivity contribution < 1.29 is 19.7 Å². The Labute approximate surface area is 90.0 Å². The van der Waals surface area contributed by atoms with E-state index in [0.717, 1.165) is 0 Å². The Hall–Kier alpha value is -0.910. The van der Waals surface area contributed by atoms with Gasteiger partial charge in [-0.1, -0.05) is 6.58 Å². The van der Waals surface area contributed by atoms with E-state index in [2.05, 4.69) is 6.58 Å². The van der Waals surface area contributed by atoms with E-state index in [1.54, 1.807) is 6.92 Å². The Bertz CT molecular complexity index is 217. The first-order chi connectivity index (χ1) is 6.86. The third kappa shape index (κ3) is 5.51. The third-order valence-electron chi connectivity index (χ3n) is 1.89. The number of nitrogens with zero attached hydrogens (tertiary/aromatic N) is 1. The number of aliphatic hydroxyl groups excluding tert-OH is 2. The average Bonchev–Trinajstić information content (AvgIpc) is 2.10. The number of hydrogen-bond acceptors (Lipinski definition) is 5. The van der Waals surface area contributed by atoms with Crippen molar-refractivity contribution in [1.29, 1.82) is 0 Å². The molecule has 0 aromatic carbocycles. The van der Waals surface area contributed by atoms with Crippen LogP contribution in [-0.4, -0.2) is 46.7 Å². The van der Waals surface area contributed by atoms with Gasteiger partial charge < -0.3 is 14.9 Å². The van der Waals surface area contributed by atoms with E-state index in [4.69, 9.17) is 4.74 Å². The molecule has 0 aliphatic rings. The standard InChI is InChI=1S/C10H19NO4/c1-7(2)10(14)15-6-5-11(8(3)12)9(4)13/h8-9,12-13H,1,5-6H2,2-4H3. The van der Waals surface area contributed by atoms with Gasteiger partial charge in [-0.15, -0.1) is 0 Å². The third-order valence-corrected chi connectivity index (χ3v) is 1.89. The molecule has 0 aromatic heterocycles. The summed E-state index contributed by atoms with van der Waals surface area (Å²) in [5, 5.41) is 18.5. The second-order valence-corrected chi connectivity index (χ2v) is 3.42. The lowest BCUT2D eigenvalue weighted by atomic mass is 10.4. The van der Waals surface area contributed by atoms with Crippen LogP contribution in [0.5, 0.6) is 0 Å². The minimum atomic E-state index is -0.784. The summed E-state index contributed by atoms with van der Waals surface area (Å²) in [7, 11) is 0. The molecule has 0 saturated carbocycles. The van der Waals surface area contributed by atoms with Crippen molar-refractivity contribution >= 4 is 5.97 Å². The fourth-order valence-electron chi connectivity index (χ4n) is 1.05. The molecule has 2 N–H and O–H groups in total. The van der Waals surface area contributed by atoms with Crippen molar-refractivity contribution in [3.8, 4) is 0 Å². The van der Waals surface area contributed by atoms with Crippen LogP contribution in [0.15, 0.2) is 12.2 Å². The van der Waals surface area contributed by atoms with Gasteiger partial charge in [0, 0.05) is 12.1 Å². The van der Waals surface area contributed by atoms with Crippen LogP contribution in [0.4, 0.5) is 0 Å². The van der Waals surface area contributed by atoms with Crippen LogP contribution < -0.4 is 0 Å². The molecular weight excluding hydrogens is 198 g/mol. The van der Waals surface area contributed by atoms with Crippen molar-refractivity contribution in [2.24, 2.45) is 0 Å². The van der Waals surface area contributed by atoms with Crippen LogP contribution >= 0.6 is 0 Å². The lowest BCUT2D eigenvalue weighted by Gasteiger charge is -2.27. The first-order valence-electron chi connectivity index (χ1n) is 4.80. The fraction of sp³-hybridized carbons (Fsp3) is 0.700. The highest BCUT2D eigenvalue weighted by Crippen LogP contribution is 2.01. The lowest BCUT2D eigenvalue weighted by Crippen LogP contribution is -2.42. The molecule has 2 atom stereocenters. The summed E-state index contributed by atoms with van der Waals surface area (Å²) in [6.45, 7) is 8.45. The van der Waals surface area contributed by atoms with E-state index in [-0.39, 0.29) is 13.2 Å². The Morgan fingerprint density at radius 3 is 2.20 bits per heavy atom. The molecule has 0 radical (unpaired) electrons. The SMILES string of the molecule is C=C(C)C(=O)OCCN(C(C)O)C(C)O. The van der Waals surface area contributed by atoms with Crippen LogP contribution in [0.2, 0.25) is 0 Å². The maximum atomic E-state index is 11.0. The zero-order valence-electron chi connectivity index (χ0n) is 9.43. The summed E-state index contributed by atoms with van der Waals surface area (Å²) in [6, 6.07) is 0. The predicted octanol–water partition coefficient (Wildman–Crippen LogP) is 0.0843. The Morgan fingerprint density at radius 1 is 1.40 bits per heavy atom. The van der Waals surface area contributed by atoms with Crippen LogP contribution in [0, 0.1) is 0 Å². The number of rotatable bonds is 6. The second kappa shape index (κ2) is 6.55. The molecule has 0 aliphatic carbocycles. The van der Waals surface area contributed by atoms with Crippen molar-refractivity contribution in [2.45, 2.75) is 33.2 Å². The molecule has 2 unspecified atom stereocenters. The van der Waals surface area contributed by atoms with Gasteiger partial charge in [-0.25, -0.2) is 9.69 Å². The van der Waals surface area contributed by atoms with Crippen LogP contribution in [0.3, 0.4) is 0 Å². The van der Waals surface area contributed by atoms with Gasteiger partial charge in [0.1, 0.15) is 19.1 Å². The quantitative estimate of drug-likeness (QED) is 0.375. The van der Waals surface area contributed by atoms with E-state index in [1.807, 2.05) is 0 Å². The van der Waals surface area contributed by atoms with Gasteiger partial charge in [-0.05, 0) is 20.8 Å². The maximum Gasteiger partial charge on any atom is 0.333 e. The van der Waals surface area contributed by atoms with Gasteiger partial charge in [-0.2, -0.15) is 0 Å². The summed E-state index contributed by atoms with van der Waals surface area (Å²) in [5.41, 5.74) is 0.329. The van der Waals surface area contributed by atoms with Crippen molar-refractivity contribution in [3.63, 3.8) is 0 Å². The fourth-order valence-corrected chi connectivity index (χ4v) is 1.05. The summed E-state index contributed by atoms with van der Waals surface area (Å²) in [5.74, 6) is -0.467. The molecule has 15 heavy (non-hydrogen) atoms. The molecule has 0 saturated heterocycles. The summed E-state index contributed by atoms with van der Waals surface area (Å²) >= 11 is 0. The highest BCUT2D eigenvalue weighted by molar-refractivity contribution is 5.86. The van der Waals surface area contributed by atoms with Gasteiger partial charge >= 0.3 is 5.97 Å².